The van der Waals surface area contributed by atoms with Crippen molar-refractivity contribution in [3.63, 3.8) is 0 Å². The summed E-state index contributed by atoms with van der Waals surface area (Å²) in [4.78, 5) is 0. The lowest BCUT2D eigenvalue weighted by Crippen LogP contribution is -2.53. The fourth-order valence-corrected chi connectivity index (χ4v) is 7.22. The minimum absolute atomic E-state index is 0.151. The van der Waals surface area contributed by atoms with E-state index in [4.69, 9.17) is 4.43 Å². The van der Waals surface area contributed by atoms with Crippen LogP contribution in [0.25, 0.3) is 0 Å². The van der Waals surface area contributed by atoms with Crippen molar-refractivity contribution in [3.05, 3.63) is 0 Å². The van der Waals surface area contributed by atoms with E-state index in [-0.39, 0.29) is 5.60 Å². The Kier molecular flexibility index (Phi) is 3.86. The van der Waals surface area contributed by atoms with Gasteiger partial charge in [0, 0.05) is 3.55 Å². The van der Waals surface area contributed by atoms with Gasteiger partial charge >= 0.3 is 0 Å². The lowest BCUT2D eigenvalue weighted by molar-refractivity contribution is 0.0697. The molecule has 0 radical (unpaired) electrons. The van der Waals surface area contributed by atoms with Crippen LogP contribution in [0.1, 0.15) is 40.0 Å². The average molecular weight is 312 g/mol. The van der Waals surface area contributed by atoms with Crippen LogP contribution in [0.4, 0.5) is 0 Å². The lowest BCUT2D eigenvalue weighted by atomic mass is 10.0. The summed E-state index contributed by atoms with van der Waals surface area (Å²) in [6.45, 7) is 9.18. The Morgan fingerprint density at radius 1 is 1.54 bits per heavy atom. The van der Waals surface area contributed by atoms with Crippen molar-refractivity contribution < 1.29 is 4.43 Å². The Balaban J connectivity index is 2.68. The van der Waals surface area contributed by atoms with E-state index in [1.165, 1.54) is 25.3 Å². The molecule has 1 nitrogen and oxygen atoms in total. The zero-order chi connectivity index (χ0) is 10.1. The van der Waals surface area contributed by atoms with Crippen LogP contribution in [0.3, 0.4) is 0 Å². The highest BCUT2D eigenvalue weighted by Crippen LogP contribution is 2.38. The molecule has 0 aliphatic carbocycles. The van der Waals surface area contributed by atoms with Crippen molar-refractivity contribution in [2.24, 2.45) is 0 Å². The van der Waals surface area contributed by atoms with Crippen molar-refractivity contribution >= 4 is 30.9 Å². The highest BCUT2D eigenvalue weighted by molar-refractivity contribution is 14.1. The van der Waals surface area contributed by atoms with Gasteiger partial charge in [-0.1, -0.05) is 35.9 Å². The van der Waals surface area contributed by atoms with Gasteiger partial charge in [0.05, 0.1) is 5.60 Å². The van der Waals surface area contributed by atoms with Crippen molar-refractivity contribution in [1.82, 2.24) is 0 Å². The molecule has 1 fully saturated rings. The number of alkyl halides is 1. The monoisotopic (exact) mass is 312 g/mol. The van der Waals surface area contributed by atoms with E-state index < -0.39 is 8.32 Å². The van der Waals surface area contributed by atoms with Gasteiger partial charge in [-0.15, -0.1) is 0 Å². The predicted molar refractivity (Wildman–Crippen MR) is 68.9 cm³/mol. The summed E-state index contributed by atoms with van der Waals surface area (Å²) in [6.07, 6.45) is 3.87. The molecule has 78 valence electrons. The van der Waals surface area contributed by atoms with Crippen LogP contribution in [-0.2, 0) is 4.43 Å². The molecule has 0 aromatic carbocycles. The first kappa shape index (κ1) is 12.0. The van der Waals surface area contributed by atoms with Crippen molar-refractivity contribution in [3.8, 4) is 0 Å². The quantitative estimate of drug-likeness (QED) is 0.427. The predicted octanol–water partition coefficient (Wildman–Crippen LogP) is 3.90. The summed E-state index contributed by atoms with van der Waals surface area (Å²) < 4.78 is 7.13. The third-order valence-electron chi connectivity index (χ3n) is 2.98. The molecule has 1 aliphatic heterocycles. The van der Waals surface area contributed by atoms with E-state index in [1.54, 1.807) is 0 Å². The van der Waals surface area contributed by atoms with Crippen LogP contribution in [0.15, 0.2) is 0 Å². The molecule has 0 spiro atoms. The summed E-state index contributed by atoms with van der Waals surface area (Å²) in [5.74, 6) is 0. The first-order chi connectivity index (χ1) is 5.90. The van der Waals surface area contributed by atoms with E-state index >= 15 is 0 Å². The maximum Gasteiger partial charge on any atom is 0.203 e. The first-order valence-electron chi connectivity index (χ1n) is 5.24. The maximum absolute atomic E-state index is 6.35. The van der Waals surface area contributed by atoms with Crippen molar-refractivity contribution in [1.29, 1.82) is 0 Å². The molecular formula is C10H21IOSi. The van der Waals surface area contributed by atoms with Gasteiger partial charge in [0.1, 0.15) is 0 Å². The second-order valence-electron chi connectivity index (χ2n) is 4.90. The zero-order valence-electron chi connectivity index (χ0n) is 9.19. The molecule has 0 bridgehead atoms. The SMILES string of the molecule is CCC(I)[Si]1(C)CCCC(C)(C)O1. The smallest absolute Gasteiger partial charge is 0.203 e. The third kappa shape index (κ3) is 2.93. The normalized spacial score (nSPS) is 35.8. The Labute approximate surface area is 96.9 Å². The van der Waals surface area contributed by atoms with E-state index in [9.17, 15) is 0 Å². The molecule has 0 saturated carbocycles. The minimum Gasteiger partial charge on any atom is -0.411 e. The lowest BCUT2D eigenvalue weighted by Gasteiger charge is -2.44. The zero-order valence-corrected chi connectivity index (χ0v) is 12.3. The van der Waals surface area contributed by atoms with Crippen LogP contribution in [0, 0.1) is 0 Å². The minimum atomic E-state index is -1.39. The molecule has 0 aromatic heterocycles. The number of halogens is 1. The van der Waals surface area contributed by atoms with Gasteiger partial charge in [0.15, 0.2) is 0 Å². The standard InChI is InChI=1S/C10H21IOSi/c1-5-9(11)13(4)8-6-7-10(2,3)12-13/h9H,5-8H2,1-4H3. The fourth-order valence-electron chi connectivity index (χ4n) is 2.25. The van der Waals surface area contributed by atoms with E-state index in [0.717, 1.165) is 3.55 Å². The van der Waals surface area contributed by atoms with Crippen LogP contribution in [-0.4, -0.2) is 17.5 Å². The summed E-state index contributed by atoms with van der Waals surface area (Å²) in [7, 11) is -1.39. The van der Waals surface area contributed by atoms with Crippen LogP contribution in [0.2, 0.25) is 12.6 Å². The second-order valence-corrected chi connectivity index (χ2v) is 11.6. The average Bonchev–Trinajstić information content (AvgIpc) is 2.00. The fraction of sp³-hybridized carbons (Fsp3) is 1.00. The molecule has 0 N–H and O–H groups in total. The van der Waals surface area contributed by atoms with Crippen molar-refractivity contribution in [2.45, 2.75) is 61.8 Å². The Morgan fingerprint density at radius 2 is 2.15 bits per heavy atom. The molecule has 2 atom stereocenters. The Bertz CT molecular complexity index is 184. The van der Waals surface area contributed by atoms with E-state index in [2.05, 4.69) is 49.9 Å². The van der Waals surface area contributed by atoms with Gasteiger partial charge in [0.25, 0.3) is 0 Å². The van der Waals surface area contributed by atoms with Gasteiger partial charge in [-0.3, -0.25) is 0 Å². The second kappa shape index (κ2) is 4.19. The molecule has 1 aliphatic rings. The number of hydrogen-bond acceptors (Lipinski definition) is 1. The van der Waals surface area contributed by atoms with E-state index in [0.29, 0.717) is 0 Å². The Morgan fingerprint density at radius 3 is 2.62 bits per heavy atom. The van der Waals surface area contributed by atoms with Crippen LogP contribution < -0.4 is 0 Å². The highest BCUT2D eigenvalue weighted by atomic mass is 127. The molecule has 13 heavy (non-hydrogen) atoms. The molecule has 1 rings (SSSR count). The molecule has 1 heterocycles. The molecule has 3 heteroatoms. The van der Waals surface area contributed by atoms with Crippen LogP contribution in [0.5, 0.6) is 0 Å². The molecular weight excluding hydrogens is 291 g/mol. The number of rotatable bonds is 2. The summed E-state index contributed by atoms with van der Waals surface area (Å²) in [5.41, 5.74) is 0.151. The molecule has 2 unspecified atom stereocenters. The first-order valence-corrected chi connectivity index (χ1v) is 9.18. The van der Waals surface area contributed by atoms with Gasteiger partial charge in [-0.2, -0.15) is 0 Å². The highest BCUT2D eigenvalue weighted by Gasteiger charge is 2.43. The number of hydrogen-bond donors (Lipinski definition) is 0. The maximum atomic E-state index is 6.35. The Hall–Kier alpha value is 0.907. The van der Waals surface area contributed by atoms with Gasteiger partial charge in [0.2, 0.25) is 8.32 Å². The molecule has 1 saturated heterocycles. The topological polar surface area (TPSA) is 9.23 Å². The van der Waals surface area contributed by atoms with E-state index in [1.807, 2.05) is 0 Å². The van der Waals surface area contributed by atoms with Crippen LogP contribution >= 0.6 is 22.6 Å². The van der Waals surface area contributed by atoms with Gasteiger partial charge in [-0.25, -0.2) is 0 Å². The molecule has 0 aromatic rings. The molecule has 0 amide bonds. The summed E-state index contributed by atoms with van der Waals surface area (Å²) >= 11 is 2.59. The van der Waals surface area contributed by atoms with Gasteiger partial charge < -0.3 is 4.43 Å². The largest absolute Gasteiger partial charge is 0.411 e. The van der Waals surface area contributed by atoms with Crippen molar-refractivity contribution in [2.75, 3.05) is 0 Å². The van der Waals surface area contributed by atoms with Gasteiger partial charge in [-0.05, 0) is 39.3 Å². The summed E-state index contributed by atoms with van der Waals surface area (Å²) in [6, 6.07) is 1.36. The summed E-state index contributed by atoms with van der Waals surface area (Å²) in [5, 5.41) is 0. The third-order valence-corrected chi connectivity index (χ3v) is 11.9.